The summed E-state index contributed by atoms with van der Waals surface area (Å²) >= 11 is 1.75. The van der Waals surface area contributed by atoms with Gasteiger partial charge < -0.3 is 15.5 Å². The van der Waals surface area contributed by atoms with E-state index in [-0.39, 0.29) is 0 Å². The molecule has 0 spiro atoms. The second-order valence-electron chi connectivity index (χ2n) is 3.60. The van der Waals surface area contributed by atoms with Gasteiger partial charge >= 0.3 is 11.7 Å². The molecule has 1 saturated heterocycles. The predicted octanol–water partition coefficient (Wildman–Crippen LogP) is -0.683. The van der Waals surface area contributed by atoms with E-state index in [0.717, 1.165) is 17.7 Å². The molecule has 0 aliphatic carbocycles. The van der Waals surface area contributed by atoms with Crippen LogP contribution in [0.2, 0.25) is 0 Å². The molecule has 94 valence electrons. The zero-order chi connectivity index (χ0) is 12.5. The molecular formula is C8H12N4O4S. The Morgan fingerprint density at radius 3 is 2.76 bits per heavy atom. The normalized spacial score (nSPS) is 30.2. The van der Waals surface area contributed by atoms with Crippen molar-refractivity contribution in [1.29, 1.82) is 0 Å². The first-order chi connectivity index (χ1) is 8.03. The Hall–Kier alpha value is -1.32. The summed E-state index contributed by atoms with van der Waals surface area (Å²) in [5, 5.41) is 32.5. The van der Waals surface area contributed by atoms with Gasteiger partial charge in [0.2, 0.25) is 0 Å². The van der Waals surface area contributed by atoms with Crippen LogP contribution in [0, 0.1) is 10.1 Å². The summed E-state index contributed by atoms with van der Waals surface area (Å²) < 4.78 is 0. The van der Waals surface area contributed by atoms with Crippen molar-refractivity contribution < 1.29 is 15.1 Å². The fraction of sp³-hybridized carbons (Fsp3) is 0.625. The quantitative estimate of drug-likeness (QED) is 0.445. The number of nitrogens with zero attached hydrogens (tertiary/aromatic N) is 3. The van der Waals surface area contributed by atoms with Crippen LogP contribution in [0.3, 0.4) is 0 Å². The number of rotatable bonds is 2. The van der Waals surface area contributed by atoms with Crippen LogP contribution >= 0.6 is 11.8 Å². The molecule has 0 bridgehead atoms. The van der Waals surface area contributed by atoms with Gasteiger partial charge in [0.25, 0.3) is 5.90 Å². The van der Waals surface area contributed by atoms with Crippen molar-refractivity contribution in [3.8, 4) is 0 Å². The largest absolute Gasteiger partial charge is 0.488 e. The van der Waals surface area contributed by atoms with Crippen molar-refractivity contribution in [3.05, 3.63) is 22.0 Å². The Morgan fingerprint density at radius 1 is 1.59 bits per heavy atom. The highest BCUT2D eigenvalue weighted by molar-refractivity contribution is 7.99. The summed E-state index contributed by atoms with van der Waals surface area (Å²) in [6.45, 7) is 1.18. The van der Waals surface area contributed by atoms with Crippen LogP contribution in [-0.4, -0.2) is 56.5 Å². The SMILES string of the molecule is O=[N+]([O-])C1=CNC(O)(N2CCSCC2)N=C1O. The molecular weight excluding hydrogens is 248 g/mol. The molecule has 0 aromatic carbocycles. The monoisotopic (exact) mass is 260 g/mol. The van der Waals surface area contributed by atoms with Crippen molar-refractivity contribution in [3.63, 3.8) is 0 Å². The molecule has 0 radical (unpaired) electrons. The Kier molecular flexibility index (Phi) is 3.22. The average molecular weight is 260 g/mol. The van der Waals surface area contributed by atoms with E-state index in [2.05, 4.69) is 10.3 Å². The van der Waals surface area contributed by atoms with Gasteiger partial charge in [-0.1, -0.05) is 0 Å². The number of aliphatic hydroxyl groups is 2. The van der Waals surface area contributed by atoms with E-state index >= 15 is 0 Å². The molecule has 0 saturated carbocycles. The summed E-state index contributed by atoms with van der Waals surface area (Å²) in [5.41, 5.74) is -0.555. The third-order valence-electron chi connectivity index (χ3n) is 2.54. The third kappa shape index (κ3) is 2.35. The van der Waals surface area contributed by atoms with Gasteiger partial charge in [0.1, 0.15) is 0 Å². The van der Waals surface area contributed by atoms with Crippen molar-refractivity contribution in [1.82, 2.24) is 10.2 Å². The van der Waals surface area contributed by atoms with Gasteiger partial charge in [-0.15, -0.1) is 0 Å². The van der Waals surface area contributed by atoms with Crippen LogP contribution in [0.15, 0.2) is 16.9 Å². The van der Waals surface area contributed by atoms with Crippen LogP contribution in [0.25, 0.3) is 0 Å². The lowest BCUT2D eigenvalue weighted by atomic mass is 10.3. The molecule has 0 aromatic rings. The molecule has 2 rings (SSSR count). The van der Waals surface area contributed by atoms with Gasteiger partial charge in [0.15, 0.2) is 0 Å². The minimum absolute atomic E-state index is 0.555. The standard InChI is InChI=1S/C8H12N4O4S/c13-7-6(12(15)16)5-9-8(14,10-7)11-1-3-17-4-2-11/h5,9,14H,1-4H2,(H,10,13). The van der Waals surface area contributed by atoms with Crippen molar-refractivity contribution in [2.24, 2.45) is 4.99 Å². The number of thioether (sulfide) groups is 1. The topological polar surface area (TPSA) is 111 Å². The van der Waals surface area contributed by atoms with Crippen LogP contribution in [0.1, 0.15) is 0 Å². The lowest BCUT2D eigenvalue weighted by molar-refractivity contribution is -0.418. The van der Waals surface area contributed by atoms with Gasteiger partial charge in [0, 0.05) is 24.6 Å². The van der Waals surface area contributed by atoms with Crippen molar-refractivity contribution >= 4 is 17.7 Å². The molecule has 17 heavy (non-hydrogen) atoms. The van der Waals surface area contributed by atoms with Gasteiger partial charge in [0.05, 0.1) is 11.1 Å². The minimum Gasteiger partial charge on any atom is -0.488 e. The average Bonchev–Trinajstić information content (AvgIpc) is 2.29. The van der Waals surface area contributed by atoms with E-state index in [1.54, 1.807) is 16.7 Å². The first-order valence-electron chi connectivity index (χ1n) is 4.99. The molecule has 9 heteroatoms. The molecule has 1 atom stereocenters. The molecule has 2 aliphatic heterocycles. The maximum absolute atomic E-state index is 10.5. The summed E-state index contributed by atoms with van der Waals surface area (Å²) in [6.07, 6.45) is 0.962. The Labute approximate surface area is 101 Å². The second-order valence-corrected chi connectivity index (χ2v) is 4.83. The van der Waals surface area contributed by atoms with Crippen LogP contribution in [-0.2, 0) is 0 Å². The number of nitrogens with one attached hydrogen (secondary N) is 1. The van der Waals surface area contributed by atoms with Crippen molar-refractivity contribution in [2.45, 2.75) is 5.97 Å². The smallest absolute Gasteiger partial charge is 0.346 e. The first kappa shape index (κ1) is 12.1. The first-order valence-corrected chi connectivity index (χ1v) is 6.15. The lowest BCUT2D eigenvalue weighted by Gasteiger charge is -2.38. The number of aliphatic imine (C=N–C) groups is 1. The molecule has 0 amide bonds. The van der Waals surface area contributed by atoms with E-state index in [1.807, 2.05) is 0 Å². The molecule has 8 nitrogen and oxygen atoms in total. The number of nitro groups is 1. The van der Waals surface area contributed by atoms with E-state index in [1.165, 1.54) is 0 Å². The Bertz CT molecular complexity index is 393. The van der Waals surface area contributed by atoms with E-state index in [4.69, 9.17) is 0 Å². The highest BCUT2D eigenvalue weighted by atomic mass is 32.2. The maximum Gasteiger partial charge on any atom is 0.346 e. The van der Waals surface area contributed by atoms with Gasteiger partial charge in [-0.05, 0) is 0 Å². The third-order valence-corrected chi connectivity index (χ3v) is 3.48. The zero-order valence-electron chi connectivity index (χ0n) is 8.87. The second kappa shape index (κ2) is 4.51. The molecule has 2 aliphatic rings. The highest BCUT2D eigenvalue weighted by Gasteiger charge is 2.40. The molecule has 2 heterocycles. The fourth-order valence-electron chi connectivity index (χ4n) is 1.64. The molecule has 0 aromatic heterocycles. The van der Waals surface area contributed by atoms with Crippen LogP contribution < -0.4 is 5.32 Å². The van der Waals surface area contributed by atoms with Gasteiger partial charge in [-0.2, -0.15) is 16.8 Å². The summed E-state index contributed by atoms with van der Waals surface area (Å²) in [4.78, 5) is 14.9. The predicted molar refractivity (Wildman–Crippen MR) is 62.1 cm³/mol. The van der Waals surface area contributed by atoms with Crippen molar-refractivity contribution in [2.75, 3.05) is 24.6 Å². The van der Waals surface area contributed by atoms with Gasteiger partial charge in [-0.25, -0.2) is 4.90 Å². The Morgan fingerprint density at radius 2 is 2.24 bits per heavy atom. The Balaban J connectivity index is 2.17. The maximum atomic E-state index is 10.5. The van der Waals surface area contributed by atoms with Crippen LogP contribution in [0.4, 0.5) is 0 Å². The summed E-state index contributed by atoms with van der Waals surface area (Å²) in [6, 6.07) is 0. The van der Waals surface area contributed by atoms with Crippen LogP contribution in [0.5, 0.6) is 0 Å². The van der Waals surface area contributed by atoms with E-state index < -0.39 is 22.5 Å². The minimum atomic E-state index is -1.79. The van der Waals surface area contributed by atoms with Gasteiger partial charge in [-0.3, -0.25) is 10.1 Å². The fourth-order valence-corrected chi connectivity index (χ4v) is 2.54. The van der Waals surface area contributed by atoms with E-state index in [0.29, 0.717) is 13.1 Å². The summed E-state index contributed by atoms with van der Waals surface area (Å²) in [5.74, 6) is -0.877. The molecule has 1 unspecified atom stereocenters. The lowest BCUT2D eigenvalue weighted by Crippen LogP contribution is -2.60. The van der Waals surface area contributed by atoms with E-state index in [9.17, 15) is 20.3 Å². The number of hydrogen-bond acceptors (Lipinski definition) is 7. The number of hydrogen-bond donors (Lipinski definition) is 3. The zero-order valence-corrected chi connectivity index (χ0v) is 9.68. The molecule has 1 fully saturated rings. The summed E-state index contributed by atoms with van der Waals surface area (Å²) in [7, 11) is 0. The number of aliphatic hydroxyl groups excluding tert-OH is 1. The molecule has 3 N–H and O–H groups in total. The highest BCUT2D eigenvalue weighted by Crippen LogP contribution is 2.21.